The van der Waals surface area contributed by atoms with E-state index in [9.17, 15) is 0 Å². The first-order chi connectivity index (χ1) is 6.24. The predicted octanol–water partition coefficient (Wildman–Crippen LogP) is 3.34. The highest BCUT2D eigenvalue weighted by Gasteiger charge is 2.20. The van der Waals surface area contributed by atoms with Gasteiger partial charge in [-0.3, -0.25) is 0 Å². The highest BCUT2D eigenvalue weighted by molar-refractivity contribution is 4.77. The van der Waals surface area contributed by atoms with E-state index in [-0.39, 0.29) is 0 Å². The molecule has 0 heterocycles. The lowest BCUT2D eigenvalue weighted by molar-refractivity contribution is 0.266. The summed E-state index contributed by atoms with van der Waals surface area (Å²) in [5.74, 6) is 0.947. The van der Waals surface area contributed by atoms with E-state index in [4.69, 9.17) is 0 Å². The van der Waals surface area contributed by atoms with Crippen LogP contribution in [0.3, 0.4) is 0 Å². The van der Waals surface area contributed by atoms with E-state index in [1.165, 1.54) is 38.5 Å². The van der Waals surface area contributed by atoms with Crippen molar-refractivity contribution in [1.82, 2.24) is 5.32 Å². The van der Waals surface area contributed by atoms with Crippen molar-refractivity contribution < 1.29 is 0 Å². The zero-order valence-electron chi connectivity index (χ0n) is 9.47. The summed E-state index contributed by atoms with van der Waals surface area (Å²) in [6, 6.07) is 1.42. The molecule has 0 amide bonds. The minimum atomic E-state index is 0.692. The van der Waals surface area contributed by atoms with Crippen LogP contribution in [-0.4, -0.2) is 12.1 Å². The second kappa shape index (κ2) is 5.64. The van der Waals surface area contributed by atoms with Crippen LogP contribution in [0, 0.1) is 5.92 Å². The maximum Gasteiger partial charge on any atom is 0.00694 e. The lowest BCUT2D eigenvalue weighted by atomic mass is 9.84. The van der Waals surface area contributed by atoms with Gasteiger partial charge in [0.15, 0.2) is 0 Å². The third-order valence-electron chi connectivity index (χ3n) is 3.52. The molecule has 1 fully saturated rings. The molecule has 13 heavy (non-hydrogen) atoms. The number of hydrogen-bond donors (Lipinski definition) is 1. The van der Waals surface area contributed by atoms with Crippen LogP contribution in [0.4, 0.5) is 0 Å². The lowest BCUT2D eigenvalue weighted by Gasteiger charge is -2.30. The van der Waals surface area contributed by atoms with E-state index in [2.05, 4.69) is 26.1 Å². The third kappa shape index (κ3) is 3.68. The van der Waals surface area contributed by atoms with Crippen LogP contribution >= 0.6 is 0 Å². The van der Waals surface area contributed by atoms with Crippen LogP contribution in [0.1, 0.15) is 59.3 Å². The smallest absolute Gasteiger partial charge is 0.00694 e. The zero-order chi connectivity index (χ0) is 9.68. The Morgan fingerprint density at radius 2 is 1.77 bits per heavy atom. The van der Waals surface area contributed by atoms with Crippen molar-refractivity contribution in [1.29, 1.82) is 0 Å². The number of nitrogens with one attached hydrogen (secondary N) is 1. The normalized spacial score (nSPS) is 24.2. The molecule has 1 N–H and O–H groups in total. The number of rotatable bonds is 4. The average molecular weight is 183 g/mol. The Balaban J connectivity index is 2.24. The largest absolute Gasteiger partial charge is 0.312 e. The van der Waals surface area contributed by atoms with Gasteiger partial charge in [-0.2, -0.15) is 0 Å². The summed E-state index contributed by atoms with van der Waals surface area (Å²) in [4.78, 5) is 0. The van der Waals surface area contributed by atoms with Gasteiger partial charge in [0.05, 0.1) is 0 Å². The second-order valence-corrected chi connectivity index (χ2v) is 4.66. The Hall–Kier alpha value is -0.0400. The van der Waals surface area contributed by atoms with Gasteiger partial charge in [-0.1, -0.05) is 26.2 Å². The van der Waals surface area contributed by atoms with E-state index in [0.717, 1.165) is 12.0 Å². The van der Waals surface area contributed by atoms with Gasteiger partial charge in [-0.15, -0.1) is 0 Å². The Morgan fingerprint density at radius 1 is 1.15 bits per heavy atom. The molecule has 2 atom stereocenters. The molecule has 0 aromatic rings. The molecule has 0 bridgehead atoms. The summed E-state index contributed by atoms with van der Waals surface area (Å²) in [5, 5.41) is 3.70. The Kier molecular flexibility index (Phi) is 4.79. The highest BCUT2D eigenvalue weighted by atomic mass is 14.9. The van der Waals surface area contributed by atoms with Gasteiger partial charge < -0.3 is 5.32 Å². The monoisotopic (exact) mass is 183 g/mol. The summed E-state index contributed by atoms with van der Waals surface area (Å²) < 4.78 is 0. The Bertz CT molecular complexity index is 127. The predicted molar refractivity (Wildman–Crippen MR) is 58.9 cm³/mol. The molecule has 0 aromatic heterocycles. The van der Waals surface area contributed by atoms with E-state index >= 15 is 0 Å². The minimum absolute atomic E-state index is 0.692. The van der Waals surface area contributed by atoms with Crippen molar-refractivity contribution in [2.24, 2.45) is 5.92 Å². The van der Waals surface area contributed by atoms with Crippen molar-refractivity contribution in [3.05, 3.63) is 0 Å². The Morgan fingerprint density at radius 3 is 2.31 bits per heavy atom. The van der Waals surface area contributed by atoms with Gasteiger partial charge in [0.2, 0.25) is 0 Å². The first-order valence-corrected chi connectivity index (χ1v) is 6.00. The molecule has 1 saturated carbocycles. The maximum atomic E-state index is 3.70. The SMILES string of the molecule is CC[C@H](C)N[C@@H](C)C1CCCCC1. The van der Waals surface area contributed by atoms with Gasteiger partial charge in [-0.25, -0.2) is 0 Å². The molecule has 1 aliphatic rings. The first-order valence-electron chi connectivity index (χ1n) is 6.00. The standard InChI is InChI=1S/C12H25N/c1-4-10(2)13-11(3)12-8-6-5-7-9-12/h10-13H,4-9H2,1-3H3/t10-,11-/m0/s1. The maximum absolute atomic E-state index is 3.70. The molecule has 0 unspecified atom stereocenters. The molecule has 1 rings (SSSR count). The molecule has 1 nitrogen and oxygen atoms in total. The minimum Gasteiger partial charge on any atom is -0.312 e. The van der Waals surface area contributed by atoms with Gasteiger partial charge in [0.1, 0.15) is 0 Å². The van der Waals surface area contributed by atoms with Crippen molar-refractivity contribution in [2.75, 3.05) is 0 Å². The Labute approximate surface area is 83.3 Å². The van der Waals surface area contributed by atoms with Crippen molar-refractivity contribution in [2.45, 2.75) is 71.4 Å². The third-order valence-corrected chi connectivity index (χ3v) is 3.52. The van der Waals surface area contributed by atoms with Gasteiger partial charge in [0.25, 0.3) is 0 Å². The van der Waals surface area contributed by atoms with Crippen molar-refractivity contribution >= 4 is 0 Å². The van der Waals surface area contributed by atoms with Crippen LogP contribution in [0.15, 0.2) is 0 Å². The zero-order valence-corrected chi connectivity index (χ0v) is 9.47. The molecule has 0 radical (unpaired) electrons. The fraction of sp³-hybridized carbons (Fsp3) is 1.00. The summed E-state index contributed by atoms with van der Waals surface area (Å²) in [6.45, 7) is 6.91. The van der Waals surface area contributed by atoms with Crippen LogP contribution < -0.4 is 5.32 Å². The van der Waals surface area contributed by atoms with Crippen molar-refractivity contribution in [3.8, 4) is 0 Å². The molecular formula is C12H25N. The lowest BCUT2D eigenvalue weighted by Crippen LogP contribution is -2.39. The molecule has 0 spiro atoms. The van der Waals surface area contributed by atoms with E-state index in [1.807, 2.05) is 0 Å². The van der Waals surface area contributed by atoms with Crippen LogP contribution in [0.25, 0.3) is 0 Å². The van der Waals surface area contributed by atoms with E-state index < -0.39 is 0 Å². The molecule has 0 saturated heterocycles. The average Bonchev–Trinajstić information content (AvgIpc) is 2.19. The van der Waals surface area contributed by atoms with Crippen LogP contribution in [0.2, 0.25) is 0 Å². The molecule has 78 valence electrons. The fourth-order valence-electron chi connectivity index (χ4n) is 2.34. The second-order valence-electron chi connectivity index (χ2n) is 4.66. The molecule has 1 aliphatic carbocycles. The van der Waals surface area contributed by atoms with Crippen LogP contribution in [0.5, 0.6) is 0 Å². The highest BCUT2D eigenvalue weighted by Crippen LogP contribution is 2.26. The van der Waals surface area contributed by atoms with Crippen LogP contribution in [-0.2, 0) is 0 Å². The summed E-state index contributed by atoms with van der Waals surface area (Å²) in [7, 11) is 0. The summed E-state index contributed by atoms with van der Waals surface area (Å²) in [5.41, 5.74) is 0. The molecule has 0 aromatic carbocycles. The molecule has 0 aliphatic heterocycles. The summed E-state index contributed by atoms with van der Waals surface area (Å²) >= 11 is 0. The topological polar surface area (TPSA) is 12.0 Å². The summed E-state index contributed by atoms with van der Waals surface area (Å²) in [6.07, 6.45) is 8.52. The first kappa shape index (κ1) is 11.0. The molecule has 1 heteroatoms. The van der Waals surface area contributed by atoms with E-state index in [1.54, 1.807) is 0 Å². The van der Waals surface area contributed by atoms with Gasteiger partial charge >= 0.3 is 0 Å². The van der Waals surface area contributed by atoms with E-state index in [0.29, 0.717) is 6.04 Å². The van der Waals surface area contributed by atoms with Gasteiger partial charge in [-0.05, 0) is 39.0 Å². The van der Waals surface area contributed by atoms with Crippen molar-refractivity contribution in [3.63, 3.8) is 0 Å². The molecular weight excluding hydrogens is 158 g/mol. The van der Waals surface area contributed by atoms with Gasteiger partial charge in [0, 0.05) is 12.1 Å². The fourth-order valence-corrected chi connectivity index (χ4v) is 2.34. The number of hydrogen-bond acceptors (Lipinski definition) is 1. The quantitative estimate of drug-likeness (QED) is 0.705.